The predicted molar refractivity (Wildman–Crippen MR) is 178 cm³/mol. The monoisotopic (exact) mass is 761 g/mol. The Hall–Kier alpha value is -5.48. The second-order valence-electron chi connectivity index (χ2n) is 8.91. The Balaban J connectivity index is 0.000000313. The summed E-state index contributed by atoms with van der Waals surface area (Å²) in [4.78, 5) is 36.6. The van der Waals surface area contributed by atoms with Crippen molar-refractivity contribution in [3.8, 4) is 33.4 Å². The van der Waals surface area contributed by atoms with Crippen LogP contribution in [0.5, 0.6) is 0 Å². The second-order valence-corrected chi connectivity index (χ2v) is 8.91. The predicted octanol–water partition coefficient (Wildman–Crippen LogP) is 8.04. The Labute approximate surface area is 276 Å². The van der Waals surface area contributed by atoms with Crippen molar-refractivity contribution in [1.29, 1.82) is 0 Å². The second kappa shape index (κ2) is 19.7. The van der Waals surface area contributed by atoms with Gasteiger partial charge in [0.1, 0.15) is 0 Å². The average molecular weight is 761 g/mol. The molecule has 45 heavy (non-hydrogen) atoms. The van der Waals surface area contributed by atoms with Crippen LogP contribution in [-0.2, 0) is 34.8 Å². The fourth-order valence-corrected chi connectivity index (χ4v) is 4.73. The maximum atomic E-state index is 7.75. The van der Waals surface area contributed by atoms with Crippen LogP contribution in [0.2, 0.25) is 0 Å². The minimum absolute atomic E-state index is 0. The molecule has 0 amide bonds. The SMILES string of the molecule is [CH-]=O.[CH-]=O.[CH-]=O.[Re].c1ccc(-c2cccnc2)cc1.c1ccc(-c2ccnc3c2ccc2c(-c4ccccc4)ccnc23)cc1. The molecule has 0 unspecified atom stereocenters. The van der Waals surface area contributed by atoms with Gasteiger partial charge in [0.15, 0.2) is 0 Å². The summed E-state index contributed by atoms with van der Waals surface area (Å²) in [6.07, 6.45) is 7.41. The molecule has 0 aliphatic carbocycles. The maximum absolute atomic E-state index is 7.75. The molecule has 0 aliphatic heterocycles. The molecule has 0 saturated carbocycles. The van der Waals surface area contributed by atoms with E-state index in [0.29, 0.717) is 0 Å². The van der Waals surface area contributed by atoms with Gasteiger partial charge in [-0.05, 0) is 51.6 Å². The van der Waals surface area contributed by atoms with Crippen molar-refractivity contribution in [1.82, 2.24) is 15.0 Å². The van der Waals surface area contributed by atoms with Crippen molar-refractivity contribution in [3.05, 3.63) is 152 Å². The summed E-state index contributed by atoms with van der Waals surface area (Å²) < 4.78 is 0. The van der Waals surface area contributed by atoms with Crippen LogP contribution in [-0.4, -0.2) is 35.3 Å². The first-order valence-corrected chi connectivity index (χ1v) is 13.3. The van der Waals surface area contributed by atoms with Crippen LogP contribution in [0.25, 0.3) is 55.2 Å². The van der Waals surface area contributed by atoms with Crippen molar-refractivity contribution >= 4 is 42.2 Å². The molecule has 3 aromatic heterocycles. The van der Waals surface area contributed by atoms with E-state index < -0.39 is 0 Å². The van der Waals surface area contributed by atoms with Gasteiger partial charge in [-0.25, -0.2) is 0 Å². The smallest absolute Gasteiger partial charge is 0.0970 e. The number of aromatic nitrogens is 3. The first-order valence-electron chi connectivity index (χ1n) is 13.3. The summed E-state index contributed by atoms with van der Waals surface area (Å²) in [5, 5.41) is 2.26. The molecule has 1 radical (unpaired) electrons. The molecule has 0 saturated heterocycles. The van der Waals surface area contributed by atoms with E-state index >= 15 is 0 Å². The Bertz CT molecular complexity index is 1720. The van der Waals surface area contributed by atoms with Crippen molar-refractivity contribution < 1.29 is 34.8 Å². The quantitative estimate of drug-likeness (QED) is 0.103. The molecule has 6 nitrogen and oxygen atoms in total. The Kier molecular flexibility index (Phi) is 15.6. The Morgan fingerprint density at radius 3 is 1.13 bits per heavy atom. The standard InChI is InChI=1S/C24H16N2.C11H9N.3CHO.Re/c1-3-7-17(8-4-1)19-13-15-25-23-21(19)11-12-22-20(14-16-26-24(22)23)18-9-5-2-6-10-18;1-2-5-10(6-3-1)11-7-4-8-12-9-11;3*1-2;/h1-16H;1-9H;3*1H;/q;;3*-1;. The number of carbonyl (C=O) groups excluding carboxylic acids is 3. The van der Waals surface area contributed by atoms with Gasteiger partial charge >= 0.3 is 0 Å². The third kappa shape index (κ3) is 9.01. The molecule has 0 aliphatic rings. The van der Waals surface area contributed by atoms with Gasteiger partial charge in [0.2, 0.25) is 0 Å². The van der Waals surface area contributed by atoms with Gasteiger partial charge in [-0.3, -0.25) is 35.3 Å². The minimum atomic E-state index is 0. The van der Waals surface area contributed by atoms with Gasteiger partial charge in [-0.2, -0.15) is 0 Å². The molecule has 0 fully saturated rings. The number of nitrogens with zero attached hydrogens (tertiary/aromatic N) is 3. The fourth-order valence-electron chi connectivity index (χ4n) is 4.73. The molecule has 0 bridgehead atoms. The number of rotatable bonds is 3. The van der Waals surface area contributed by atoms with Gasteiger partial charge in [-0.1, -0.05) is 109 Å². The van der Waals surface area contributed by atoms with E-state index in [1.807, 2.05) is 55.0 Å². The van der Waals surface area contributed by atoms with Crippen LogP contribution < -0.4 is 0 Å². The van der Waals surface area contributed by atoms with Crippen molar-refractivity contribution in [3.63, 3.8) is 0 Å². The summed E-state index contributed by atoms with van der Waals surface area (Å²) >= 11 is 0. The van der Waals surface area contributed by atoms with Crippen molar-refractivity contribution in [2.75, 3.05) is 0 Å². The summed E-state index contributed by atoms with van der Waals surface area (Å²) in [5.74, 6) is 0. The first kappa shape index (κ1) is 35.7. The number of benzene rings is 4. The largest absolute Gasteiger partial charge is 0.545 e. The molecule has 4 aromatic carbocycles. The average Bonchev–Trinajstić information content (AvgIpc) is 3.15. The van der Waals surface area contributed by atoms with Gasteiger partial charge in [-0.15, -0.1) is 0 Å². The molecule has 7 rings (SSSR count). The minimum Gasteiger partial charge on any atom is -0.545 e. The molecule has 0 atom stereocenters. The topological polar surface area (TPSA) is 89.9 Å². The van der Waals surface area contributed by atoms with E-state index in [1.54, 1.807) is 6.20 Å². The van der Waals surface area contributed by atoms with Gasteiger partial charge in [0, 0.05) is 56.0 Å². The van der Waals surface area contributed by atoms with Crippen LogP contribution in [0.15, 0.2) is 152 Å². The van der Waals surface area contributed by atoms with Crippen molar-refractivity contribution in [2.45, 2.75) is 0 Å². The molecule has 0 N–H and O–H groups in total. The van der Waals surface area contributed by atoms with Crippen LogP contribution in [0, 0.1) is 0 Å². The molecule has 3 heterocycles. The molecule has 7 heteroatoms. The van der Waals surface area contributed by atoms with E-state index in [-0.39, 0.29) is 20.4 Å². The normalized spacial score (nSPS) is 9.24. The Morgan fingerprint density at radius 2 is 0.756 bits per heavy atom. The van der Waals surface area contributed by atoms with Crippen LogP contribution >= 0.6 is 0 Å². The number of pyridine rings is 3. The third-order valence-corrected chi connectivity index (χ3v) is 6.56. The molecular weight excluding hydrogens is 733 g/mol. The maximum Gasteiger partial charge on any atom is 0.0970 e. The molecular formula is C38H28N3O3Re-3. The molecule has 223 valence electrons. The zero-order chi connectivity index (χ0) is 31.6. The summed E-state index contributed by atoms with van der Waals surface area (Å²) in [5.41, 5.74) is 9.03. The fraction of sp³-hybridized carbons (Fsp3) is 0. The van der Waals surface area contributed by atoms with E-state index in [2.05, 4.69) is 126 Å². The third-order valence-electron chi connectivity index (χ3n) is 6.56. The summed E-state index contributed by atoms with van der Waals surface area (Å²) in [6, 6.07) is 43.6. The van der Waals surface area contributed by atoms with Gasteiger partial charge in [0.05, 0.1) is 11.0 Å². The van der Waals surface area contributed by atoms with Crippen LogP contribution in [0.3, 0.4) is 0 Å². The number of fused-ring (bicyclic) bond motifs is 3. The summed E-state index contributed by atoms with van der Waals surface area (Å²) in [6.45, 7) is 9.75. The van der Waals surface area contributed by atoms with E-state index in [9.17, 15) is 0 Å². The molecule has 0 spiro atoms. The van der Waals surface area contributed by atoms with E-state index in [1.165, 1.54) is 27.8 Å². The van der Waals surface area contributed by atoms with Gasteiger partial charge < -0.3 is 14.4 Å². The number of hydrogen-bond acceptors (Lipinski definition) is 6. The van der Waals surface area contributed by atoms with Crippen LogP contribution in [0.1, 0.15) is 0 Å². The van der Waals surface area contributed by atoms with Crippen molar-refractivity contribution in [2.24, 2.45) is 0 Å². The summed E-state index contributed by atoms with van der Waals surface area (Å²) in [7, 11) is 0. The van der Waals surface area contributed by atoms with Gasteiger partial charge in [0.25, 0.3) is 0 Å². The van der Waals surface area contributed by atoms with E-state index in [4.69, 9.17) is 14.4 Å². The van der Waals surface area contributed by atoms with Crippen LogP contribution in [0.4, 0.5) is 0 Å². The molecule has 7 aromatic rings. The first-order chi connectivity index (χ1) is 21.9. The van der Waals surface area contributed by atoms with E-state index in [0.717, 1.165) is 27.4 Å². The Morgan fingerprint density at radius 1 is 0.378 bits per heavy atom. The zero-order valence-electron chi connectivity index (χ0n) is 24.1. The number of hydrogen-bond donors (Lipinski definition) is 0. The zero-order valence-corrected chi connectivity index (χ0v) is 26.8.